The number of carbonyl (C=O) groups excluding carboxylic acids is 1. The fraction of sp³-hybridized carbons (Fsp3) is 0.278. The van der Waals surface area contributed by atoms with Crippen molar-refractivity contribution in [1.82, 2.24) is 10.0 Å². The maximum atomic E-state index is 12.6. The molecule has 0 aliphatic heterocycles. The van der Waals surface area contributed by atoms with Gasteiger partial charge < -0.3 is 10.6 Å². The zero-order chi connectivity index (χ0) is 19.0. The molecule has 0 aliphatic carbocycles. The maximum Gasteiger partial charge on any atom is 0.328 e. The van der Waals surface area contributed by atoms with Crippen molar-refractivity contribution in [2.75, 3.05) is 5.32 Å². The van der Waals surface area contributed by atoms with Crippen molar-refractivity contribution in [2.24, 2.45) is 0 Å². The average molecular weight is 363 g/mol. The summed E-state index contributed by atoms with van der Waals surface area (Å²) in [5.41, 5.74) is 2.07. The predicted molar refractivity (Wildman–Crippen MR) is 103 cm³/mol. The molecule has 0 aromatic heterocycles. The molecule has 1 aromatic carbocycles. The number of aryl methyl sites for hydroxylation is 1. The molecule has 2 amide bonds. The van der Waals surface area contributed by atoms with Crippen molar-refractivity contribution in [1.29, 1.82) is 0 Å². The fourth-order valence-electron chi connectivity index (χ4n) is 2.11. The molecular weight excluding hydrogens is 338 g/mol. The number of urea groups is 1. The van der Waals surface area contributed by atoms with Crippen molar-refractivity contribution in [3.05, 3.63) is 65.2 Å². The summed E-state index contributed by atoms with van der Waals surface area (Å²) in [5.74, 6) is 0. The van der Waals surface area contributed by atoms with Gasteiger partial charge in [0.05, 0.1) is 5.70 Å². The lowest BCUT2D eigenvalue weighted by atomic mass is 10.2. The Kier molecular flexibility index (Phi) is 7.44. The van der Waals surface area contributed by atoms with E-state index in [1.165, 1.54) is 18.2 Å². The van der Waals surface area contributed by atoms with Crippen LogP contribution in [0, 0.1) is 6.92 Å². The summed E-state index contributed by atoms with van der Waals surface area (Å²) in [6.45, 7) is 10.6. The topological polar surface area (TPSA) is 87.3 Å². The molecule has 0 atom stereocenters. The largest absolute Gasteiger partial charge is 0.354 e. The number of nitrogens with one attached hydrogen (secondary N) is 3. The molecule has 7 heteroatoms. The third kappa shape index (κ3) is 6.46. The molecule has 136 valence electrons. The van der Waals surface area contributed by atoms with Gasteiger partial charge in [-0.05, 0) is 51.5 Å². The van der Waals surface area contributed by atoms with E-state index < -0.39 is 16.1 Å². The summed E-state index contributed by atoms with van der Waals surface area (Å²) in [5, 5.41) is 5.55. The second kappa shape index (κ2) is 9.08. The van der Waals surface area contributed by atoms with Gasteiger partial charge in [0.15, 0.2) is 0 Å². The van der Waals surface area contributed by atoms with Crippen LogP contribution < -0.4 is 15.4 Å². The van der Waals surface area contributed by atoms with Crippen LogP contribution in [0.1, 0.15) is 26.3 Å². The standard InChI is InChI=1S/C18H25N3O3S/c1-6-9-16(20-15-11-8-10-14(5)12-15)17(7-2)25(23,24)21-18(22)19-13(3)4/h6-13,20H,1H2,2-5H3,(H2,19,21,22)/b16-9+,17-7+. The quantitative estimate of drug-likeness (QED) is 0.648. The highest BCUT2D eigenvalue weighted by atomic mass is 32.2. The van der Waals surface area contributed by atoms with Crippen LogP contribution in [0.2, 0.25) is 0 Å². The Hall–Kier alpha value is -2.54. The van der Waals surface area contributed by atoms with Gasteiger partial charge in [-0.25, -0.2) is 17.9 Å². The van der Waals surface area contributed by atoms with E-state index >= 15 is 0 Å². The molecule has 25 heavy (non-hydrogen) atoms. The zero-order valence-corrected chi connectivity index (χ0v) is 15.8. The molecule has 3 N–H and O–H groups in total. The first-order valence-corrected chi connectivity index (χ1v) is 9.34. The van der Waals surface area contributed by atoms with Crippen LogP contribution in [0.5, 0.6) is 0 Å². The lowest BCUT2D eigenvalue weighted by Crippen LogP contribution is -2.43. The molecule has 0 unspecified atom stereocenters. The van der Waals surface area contributed by atoms with Crippen molar-refractivity contribution in [3.63, 3.8) is 0 Å². The van der Waals surface area contributed by atoms with Crippen molar-refractivity contribution in [3.8, 4) is 0 Å². The number of hydrogen-bond acceptors (Lipinski definition) is 4. The van der Waals surface area contributed by atoms with Gasteiger partial charge >= 0.3 is 6.03 Å². The average Bonchev–Trinajstić information content (AvgIpc) is 2.46. The Balaban J connectivity index is 3.13. The lowest BCUT2D eigenvalue weighted by Gasteiger charge is -2.17. The van der Waals surface area contributed by atoms with Gasteiger partial charge in [0, 0.05) is 11.7 Å². The van der Waals surface area contributed by atoms with Gasteiger partial charge in [-0.2, -0.15) is 0 Å². The van der Waals surface area contributed by atoms with E-state index in [1.54, 1.807) is 20.8 Å². The van der Waals surface area contributed by atoms with E-state index in [2.05, 4.69) is 17.2 Å². The maximum absolute atomic E-state index is 12.6. The minimum absolute atomic E-state index is 0.0483. The number of amides is 2. The summed E-state index contributed by atoms with van der Waals surface area (Å²) in [6, 6.07) is 6.55. The molecule has 0 saturated carbocycles. The van der Waals surface area contributed by atoms with Crippen LogP contribution in [-0.4, -0.2) is 20.5 Å². The van der Waals surface area contributed by atoms with Gasteiger partial charge in [-0.3, -0.25) is 0 Å². The molecule has 1 aromatic rings. The molecule has 0 heterocycles. The smallest absolute Gasteiger partial charge is 0.328 e. The minimum atomic E-state index is -4.05. The van der Waals surface area contributed by atoms with E-state index in [4.69, 9.17) is 0 Å². The second-order valence-corrected chi connectivity index (χ2v) is 7.35. The Labute approximate surface area is 149 Å². The first-order valence-electron chi connectivity index (χ1n) is 7.86. The predicted octanol–water partition coefficient (Wildman–Crippen LogP) is 3.42. The second-order valence-electron chi connectivity index (χ2n) is 5.70. The Bertz CT molecular complexity index is 794. The van der Waals surface area contributed by atoms with Gasteiger partial charge in [-0.1, -0.05) is 30.9 Å². The molecule has 0 spiro atoms. The third-order valence-electron chi connectivity index (χ3n) is 3.05. The van der Waals surface area contributed by atoms with E-state index in [-0.39, 0.29) is 10.9 Å². The van der Waals surface area contributed by atoms with Crippen molar-refractivity contribution in [2.45, 2.75) is 33.7 Å². The Morgan fingerprint density at radius 3 is 2.48 bits per heavy atom. The zero-order valence-electron chi connectivity index (χ0n) is 15.0. The van der Waals surface area contributed by atoms with Crippen LogP contribution in [0.25, 0.3) is 0 Å². The number of sulfonamides is 1. The molecule has 1 rings (SSSR count). The monoisotopic (exact) mass is 363 g/mol. The normalized spacial score (nSPS) is 12.7. The Morgan fingerprint density at radius 1 is 1.28 bits per heavy atom. The van der Waals surface area contributed by atoms with E-state index in [0.29, 0.717) is 5.70 Å². The minimum Gasteiger partial charge on any atom is -0.354 e. The molecule has 0 fully saturated rings. The molecular formula is C18H25N3O3S. The first-order chi connectivity index (χ1) is 11.7. The number of anilines is 1. The SMILES string of the molecule is C=C/C=C(Nc1cccc(C)c1)\C(=C/C)S(=O)(=O)NC(=O)NC(C)C. The van der Waals surface area contributed by atoms with Crippen LogP contribution >= 0.6 is 0 Å². The molecule has 0 saturated heterocycles. The van der Waals surface area contributed by atoms with Crippen LogP contribution in [0.4, 0.5) is 10.5 Å². The lowest BCUT2D eigenvalue weighted by molar-refractivity contribution is 0.243. The van der Waals surface area contributed by atoms with Gasteiger partial charge in [0.1, 0.15) is 4.91 Å². The summed E-state index contributed by atoms with van der Waals surface area (Å²) in [4.78, 5) is 11.7. The molecule has 6 nitrogen and oxygen atoms in total. The highest BCUT2D eigenvalue weighted by molar-refractivity contribution is 7.94. The van der Waals surface area contributed by atoms with E-state index in [9.17, 15) is 13.2 Å². The summed E-state index contributed by atoms with van der Waals surface area (Å²) >= 11 is 0. The van der Waals surface area contributed by atoms with Crippen molar-refractivity contribution >= 4 is 21.7 Å². The first kappa shape index (κ1) is 20.5. The fourth-order valence-corrected chi connectivity index (χ4v) is 3.24. The Morgan fingerprint density at radius 2 is 1.96 bits per heavy atom. The number of carbonyl (C=O) groups is 1. The van der Waals surface area contributed by atoms with E-state index in [1.807, 2.05) is 35.9 Å². The van der Waals surface area contributed by atoms with E-state index in [0.717, 1.165) is 11.3 Å². The summed E-state index contributed by atoms with van der Waals surface area (Å²) < 4.78 is 27.2. The third-order valence-corrected chi connectivity index (χ3v) is 4.53. The van der Waals surface area contributed by atoms with Crippen molar-refractivity contribution < 1.29 is 13.2 Å². The van der Waals surface area contributed by atoms with Crippen LogP contribution in [-0.2, 0) is 10.0 Å². The van der Waals surface area contributed by atoms with Crippen LogP contribution in [0.3, 0.4) is 0 Å². The van der Waals surface area contributed by atoms with Gasteiger partial charge in [0.25, 0.3) is 10.0 Å². The van der Waals surface area contributed by atoms with Crippen LogP contribution in [0.15, 0.2) is 59.7 Å². The summed E-state index contributed by atoms with van der Waals surface area (Å²) in [6.07, 6.45) is 4.44. The highest BCUT2D eigenvalue weighted by Crippen LogP contribution is 2.20. The van der Waals surface area contributed by atoms with Gasteiger partial charge in [-0.15, -0.1) is 0 Å². The number of rotatable bonds is 7. The molecule has 0 aliphatic rings. The highest BCUT2D eigenvalue weighted by Gasteiger charge is 2.23. The van der Waals surface area contributed by atoms with Gasteiger partial charge in [0.2, 0.25) is 0 Å². The summed E-state index contributed by atoms with van der Waals surface area (Å²) in [7, 11) is -4.05. The number of benzene rings is 1. The molecule has 0 radical (unpaired) electrons. The number of hydrogen-bond donors (Lipinski definition) is 3. The molecule has 0 bridgehead atoms. The number of allylic oxidation sites excluding steroid dienone is 3.